The molecule has 2 heterocycles. The second kappa shape index (κ2) is 16.3. The molecule has 0 bridgehead atoms. The van der Waals surface area contributed by atoms with Crippen LogP contribution in [-0.4, -0.2) is 14.8 Å². The van der Waals surface area contributed by atoms with Crippen molar-refractivity contribution in [3.8, 4) is 22.5 Å². The summed E-state index contributed by atoms with van der Waals surface area (Å²) < 4.78 is 4.85. The Morgan fingerprint density at radius 2 is 0.847 bits per heavy atom. The number of rotatable bonds is 8. The minimum atomic E-state index is 0.0263. The van der Waals surface area contributed by atoms with Gasteiger partial charge in [0.1, 0.15) is 0 Å². The van der Waals surface area contributed by atoms with E-state index in [1.165, 1.54) is 49.2 Å². The van der Waals surface area contributed by atoms with E-state index >= 15 is 0 Å². The normalized spacial score (nSPS) is 12.5. The highest BCUT2D eigenvalue weighted by Crippen LogP contribution is 2.38. The lowest BCUT2D eigenvalue weighted by Gasteiger charge is -2.16. The molecule has 1 unspecified atom stereocenters. The number of allylic oxidation sites excluding steroid dienone is 2. The smallest absolute Gasteiger partial charge is 0.0728 e. The van der Waals surface area contributed by atoms with E-state index in [2.05, 4.69) is 229 Å². The van der Waals surface area contributed by atoms with Crippen molar-refractivity contribution < 1.29 is 0 Å². The van der Waals surface area contributed by atoms with Crippen molar-refractivity contribution in [2.45, 2.75) is 33.7 Å². The molecular weight excluding hydrogens is 715 g/mol. The van der Waals surface area contributed by atoms with Crippen molar-refractivity contribution in [3.05, 3.63) is 223 Å². The molecule has 0 N–H and O–H groups in total. The molecule has 1 atom stereocenters. The number of hydrogen-bond acceptors (Lipinski definition) is 1. The molecular formula is C56H47N3. The van der Waals surface area contributed by atoms with Gasteiger partial charge >= 0.3 is 0 Å². The Kier molecular flexibility index (Phi) is 10.3. The number of hydrogen-bond donors (Lipinski definition) is 0. The lowest BCUT2D eigenvalue weighted by atomic mass is 9.98. The monoisotopic (exact) mass is 761 g/mol. The zero-order valence-electron chi connectivity index (χ0n) is 34.0. The Labute approximate surface area is 346 Å². The summed E-state index contributed by atoms with van der Waals surface area (Å²) in [5.74, 6) is 0. The van der Waals surface area contributed by atoms with E-state index in [1.807, 2.05) is 13.8 Å². The summed E-state index contributed by atoms with van der Waals surface area (Å²) in [5, 5.41) is 5.00. The van der Waals surface area contributed by atoms with Crippen LogP contribution in [0.25, 0.3) is 71.7 Å². The van der Waals surface area contributed by atoms with Crippen LogP contribution in [-0.2, 0) is 0 Å². The molecule has 0 saturated carbocycles. The molecule has 0 spiro atoms. The molecule has 10 rings (SSSR count). The van der Waals surface area contributed by atoms with Crippen LogP contribution in [0.4, 0.5) is 0 Å². The summed E-state index contributed by atoms with van der Waals surface area (Å²) in [6.07, 6.45) is 2.23. The fourth-order valence-electron chi connectivity index (χ4n) is 8.45. The molecule has 0 aliphatic heterocycles. The standard InChI is InChI=1S/C54H41N3.C2H6/c1-37(33-50(42-19-7-4-8-20-42)55-38(2)40-17-5-3-6-18-40)39-29-31-41(32-30-39)43-34-44(56-51-25-13-9-21-46(51)47-22-10-14-26-52(47)56)36-45(35-43)57-53-27-15-11-23-48(53)49-24-12-16-28-54(49)57;1-2/h3-36,38H,1-2H3;1-2H3/b37-33+,55-50?;. The van der Waals surface area contributed by atoms with Crippen LogP contribution < -0.4 is 0 Å². The van der Waals surface area contributed by atoms with Crippen molar-refractivity contribution in [1.82, 2.24) is 9.13 Å². The first kappa shape index (κ1) is 37.4. The molecule has 0 radical (unpaired) electrons. The highest BCUT2D eigenvalue weighted by Gasteiger charge is 2.17. The van der Waals surface area contributed by atoms with Gasteiger partial charge in [0.25, 0.3) is 0 Å². The maximum absolute atomic E-state index is 5.24. The number of benzene rings is 8. The quantitative estimate of drug-likeness (QED) is 0.138. The van der Waals surface area contributed by atoms with E-state index in [0.29, 0.717) is 0 Å². The van der Waals surface area contributed by atoms with Gasteiger partial charge in [-0.1, -0.05) is 172 Å². The number of para-hydroxylation sites is 4. The zero-order valence-corrected chi connectivity index (χ0v) is 34.0. The second-order valence-electron chi connectivity index (χ2n) is 14.8. The Bertz CT molecular complexity index is 2890. The van der Waals surface area contributed by atoms with Gasteiger partial charge in [-0.3, -0.25) is 4.99 Å². The molecule has 3 nitrogen and oxygen atoms in total. The lowest BCUT2D eigenvalue weighted by Crippen LogP contribution is -2.02. The Morgan fingerprint density at radius 1 is 0.441 bits per heavy atom. The summed E-state index contributed by atoms with van der Waals surface area (Å²) in [7, 11) is 0. The average Bonchev–Trinajstić information content (AvgIpc) is 3.83. The van der Waals surface area contributed by atoms with E-state index < -0.39 is 0 Å². The van der Waals surface area contributed by atoms with Crippen molar-refractivity contribution in [2.75, 3.05) is 0 Å². The number of nitrogens with zero attached hydrogens (tertiary/aromatic N) is 3. The molecule has 0 saturated heterocycles. The summed E-state index contributed by atoms with van der Waals surface area (Å²) in [6, 6.07) is 72.1. The Morgan fingerprint density at radius 3 is 1.31 bits per heavy atom. The van der Waals surface area contributed by atoms with Crippen molar-refractivity contribution in [3.63, 3.8) is 0 Å². The van der Waals surface area contributed by atoms with E-state index in [0.717, 1.165) is 44.9 Å². The highest BCUT2D eigenvalue weighted by atomic mass is 15.0. The van der Waals surface area contributed by atoms with Gasteiger partial charge in [0.15, 0.2) is 0 Å². The summed E-state index contributed by atoms with van der Waals surface area (Å²) in [4.78, 5) is 5.24. The maximum Gasteiger partial charge on any atom is 0.0728 e. The number of aromatic nitrogens is 2. The van der Waals surface area contributed by atoms with Gasteiger partial charge in [-0.05, 0) is 95.8 Å². The minimum absolute atomic E-state index is 0.0263. The van der Waals surface area contributed by atoms with E-state index in [9.17, 15) is 0 Å². The second-order valence-corrected chi connectivity index (χ2v) is 14.8. The molecule has 59 heavy (non-hydrogen) atoms. The zero-order chi connectivity index (χ0) is 40.3. The third kappa shape index (κ3) is 7.06. The SMILES string of the molecule is C/C(=C\C(=NC(C)c1ccccc1)c1ccccc1)c1ccc(-c2cc(-n3c4ccccc4c4ccccc43)cc(-n3c4ccccc4c4ccccc43)c2)cc1.CC. The van der Waals surface area contributed by atoms with Crippen LogP contribution in [0, 0.1) is 0 Å². The molecule has 286 valence electrons. The van der Waals surface area contributed by atoms with Crippen LogP contribution in [0.1, 0.15) is 50.4 Å². The molecule has 0 amide bonds. The molecule has 0 fully saturated rings. The molecule has 2 aromatic heterocycles. The Balaban J connectivity index is 0.00000221. The van der Waals surface area contributed by atoms with Gasteiger partial charge in [0.2, 0.25) is 0 Å². The fraction of sp³-hybridized carbons (Fsp3) is 0.0893. The van der Waals surface area contributed by atoms with Gasteiger partial charge in [-0.25, -0.2) is 0 Å². The topological polar surface area (TPSA) is 22.2 Å². The molecule has 3 heteroatoms. The predicted octanol–water partition coefficient (Wildman–Crippen LogP) is 15.2. The van der Waals surface area contributed by atoms with Gasteiger partial charge in [0.05, 0.1) is 33.8 Å². The van der Waals surface area contributed by atoms with E-state index in [1.54, 1.807) is 0 Å². The third-order valence-electron chi connectivity index (χ3n) is 11.3. The van der Waals surface area contributed by atoms with Crippen LogP contribution in [0.15, 0.2) is 211 Å². The minimum Gasteiger partial charge on any atom is -0.309 e. The van der Waals surface area contributed by atoms with Crippen molar-refractivity contribution in [1.29, 1.82) is 0 Å². The third-order valence-corrected chi connectivity index (χ3v) is 11.3. The largest absolute Gasteiger partial charge is 0.309 e. The molecule has 10 aromatic rings. The molecule has 8 aromatic carbocycles. The average molecular weight is 762 g/mol. The van der Waals surface area contributed by atoms with Crippen molar-refractivity contribution in [2.24, 2.45) is 4.99 Å². The maximum atomic E-state index is 5.24. The van der Waals surface area contributed by atoms with Crippen LogP contribution in [0.2, 0.25) is 0 Å². The van der Waals surface area contributed by atoms with E-state index in [4.69, 9.17) is 4.99 Å². The van der Waals surface area contributed by atoms with Gasteiger partial charge in [-0.15, -0.1) is 0 Å². The predicted molar refractivity (Wildman–Crippen MR) is 253 cm³/mol. The molecule has 0 aliphatic rings. The first-order valence-corrected chi connectivity index (χ1v) is 20.7. The summed E-state index contributed by atoms with van der Waals surface area (Å²) >= 11 is 0. The van der Waals surface area contributed by atoms with E-state index in [-0.39, 0.29) is 6.04 Å². The van der Waals surface area contributed by atoms with Crippen LogP contribution >= 0.6 is 0 Å². The number of fused-ring (bicyclic) bond motifs is 6. The van der Waals surface area contributed by atoms with Gasteiger partial charge in [-0.2, -0.15) is 0 Å². The number of aliphatic imine (C=N–C) groups is 1. The van der Waals surface area contributed by atoms with Gasteiger partial charge < -0.3 is 9.13 Å². The first-order valence-electron chi connectivity index (χ1n) is 20.7. The highest BCUT2D eigenvalue weighted by molar-refractivity contribution is 6.13. The summed E-state index contributed by atoms with van der Waals surface area (Å²) in [6.45, 7) is 8.35. The lowest BCUT2D eigenvalue weighted by molar-refractivity contribution is 0.822. The molecule has 0 aliphatic carbocycles. The van der Waals surface area contributed by atoms with Gasteiger partial charge in [0, 0.05) is 32.9 Å². The van der Waals surface area contributed by atoms with Crippen LogP contribution in [0.3, 0.4) is 0 Å². The fourth-order valence-corrected chi connectivity index (χ4v) is 8.45. The first-order chi connectivity index (χ1) is 29.1. The van der Waals surface area contributed by atoms with Crippen molar-refractivity contribution >= 4 is 54.9 Å². The van der Waals surface area contributed by atoms with Crippen LogP contribution in [0.5, 0.6) is 0 Å². The Hall–Kier alpha value is -7.23. The summed E-state index contributed by atoms with van der Waals surface area (Å²) in [5.41, 5.74) is 14.9.